The molecule has 1 heterocycles. The van der Waals surface area contributed by atoms with Gasteiger partial charge in [0.1, 0.15) is 0 Å². The van der Waals surface area contributed by atoms with E-state index in [4.69, 9.17) is 4.74 Å². The normalized spacial score (nSPS) is 36.3. The largest absolute Gasteiger partial charge is 0.388 e. The first-order valence-electron chi connectivity index (χ1n) is 7.12. The lowest BCUT2D eigenvalue weighted by Gasteiger charge is -2.39. The number of aliphatic hydroxyl groups is 1. The van der Waals surface area contributed by atoms with E-state index in [1.165, 1.54) is 0 Å². The van der Waals surface area contributed by atoms with Crippen LogP contribution in [0.2, 0.25) is 0 Å². The van der Waals surface area contributed by atoms with Crippen molar-refractivity contribution in [3.63, 3.8) is 0 Å². The van der Waals surface area contributed by atoms with Crippen LogP contribution in [0.15, 0.2) is 0 Å². The van der Waals surface area contributed by atoms with Gasteiger partial charge in [-0.3, -0.25) is 4.79 Å². The van der Waals surface area contributed by atoms with E-state index in [1.54, 1.807) is 0 Å². The lowest BCUT2D eigenvalue weighted by Crippen LogP contribution is -2.49. The summed E-state index contributed by atoms with van der Waals surface area (Å²) in [6, 6.07) is 0. The molecule has 0 bridgehead atoms. The van der Waals surface area contributed by atoms with Gasteiger partial charge in [0, 0.05) is 26.1 Å². The van der Waals surface area contributed by atoms with E-state index >= 15 is 0 Å². The fourth-order valence-electron chi connectivity index (χ4n) is 3.02. The highest BCUT2D eigenvalue weighted by molar-refractivity contribution is 5.76. The van der Waals surface area contributed by atoms with Crippen molar-refractivity contribution in [2.45, 2.75) is 57.7 Å². The maximum Gasteiger partial charge on any atom is 0.222 e. The van der Waals surface area contributed by atoms with Gasteiger partial charge in [-0.1, -0.05) is 0 Å². The molecule has 1 unspecified atom stereocenters. The molecule has 0 aromatic carbocycles. The predicted octanol–water partition coefficient (Wildman–Crippen LogP) is 1.56. The van der Waals surface area contributed by atoms with Gasteiger partial charge in [0.05, 0.1) is 11.7 Å². The number of β-amino-alcohol motifs (C(OH)–C–C–N with tert-alkyl or cyclic N) is 1. The third-order valence-electron chi connectivity index (χ3n) is 4.09. The van der Waals surface area contributed by atoms with E-state index in [-0.39, 0.29) is 5.91 Å². The number of carbonyl (C=O) groups is 1. The smallest absolute Gasteiger partial charge is 0.222 e. The second-order valence-corrected chi connectivity index (χ2v) is 6.03. The summed E-state index contributed by atoms with van der Waals surface area (Å²) >= 11 is 0. The Morgan fingerprint density at radius 2 is 2.22 bits per heavy atom. The van der Waals surface area contributed by atoms with E-state index in [2.05, 4.69) is 0 Å². The molecule has 104 valence electrons. The van der Waals surface area contributed by atoms with Gasteiger partial charge in [-0.25, -0.2) is 0 Å². The fraction of sp³-hybridized carbons (Fsp3) is 0.929. The first-order chi connectivity index (χ1) is 8.50. The average molecular weight is 255 g/mol. The number of nitrogens with zero attached hydrogens (tertiary/aromatic N) is 1. The number of rotatable bonds is 4. The van der Waals surface area contributed by atoms with Gasteiger partial charge in [-0.2, -0.15) is 0 Å². The lowest BCUT2D eigenvalue weighted by atomic mass is 9.79. The molecular formula is C14H25NO3. The van der Waals surface area contributed by atoms with Gasteiger partial charge in [-0.05, 0) is 45.4 Å². The van der Waals surface area contributed by atoms with Gasteiger partial charge in [0.25, 0.3) is 0 Å². The minimum Gasteiger partial charge on any atom is -0.388 e. The molecule has 1 saturated carbocycles. The Kier molecular flexibility index (Phi) is 4.28. The van der Waals surface area contributed by atoms with Crippen molar-refractivity contribution in [1.29, 1.82) is 0 Å². The Morgan fingerprint density at radius 3 is 2.83 bits per heavy atom. The molecule has 0 aromatic heterocycles. The summed E-state index contributed by atoms with van der Waals surface area (Å²) in [5.41, 5.74) is -0.693. The van der Waals surface area contributed by atoms with E-state index in [1.807, 2.05) is 18.7 Å². The lowest BCUT2D eigenvalue weighted by molar-refractivity contribution is -0.140. The van der Waals surface area contributed by atoms with E-state index in [0.29, 0.717) is 25.0 Å². The average Bonchev–Trinajstić information content (AvgIpc) is 2.24. The quantitative estimate of drug-likeness (QED) is 0.829. The highest BCUT2D eigenvalue weighted by Gasteiger charge is 2.35. The van der Waals surface area contributed by atoms with Gasteiger partial charge >= 0.3 is 0 Å². The topological polar surface area (TPSA) is 49.8 Å². The molecule has 18 heavy (non-hydrogen) atoms. The van der Waals surface area contributed by atoms with Gasteiger partial charge in [0.15, 0.2) is 0 Å². The molecule has 4 nitrogen and oxygen atoms in total. The van der Waals surface area contributed by atoms with Crippen molar-refractivity contribution in [1.82, 2.24) is 4.90 Å². The first kappa shape index (κ1) is 13.8. The SMILES string of the molecule is CCOC1CC(CC(=O)N2CCCC(C)(O)C2)C1. The van der Waals surface area contributed by atoms with Crippen molar-refractivity contribution in [2.24, 2.45) is 5.92 Å². The second kappa shape index (κ2) is 5.57. The van der Waals surface area contributed by atoms with E-state index < -0.39 is 5.60 Å². The minimum absolute atomic E-state index is 0.204. The van der Waals surface area contributed by atoms with Crippen LogP contribution >= 0.6 is 0 Å². The zero-order chi connectivity index (χ0) is 13.2. The number of amides is 1. The molecule has 0 spiro atoms. The van der Waals surface area contributed by atoms with Crippen molar-refractivity contribution in [2.75, 3.05) is 19.7 Å². The zero-order valence-corrected chi connectivity index (χ0v) is 11.5. The molecule has 1 aliphatic heterocycles. The predicted molar refractivity (Wildman–Crippen MR) is 69.2 cm³/mol. The summed E-state index contributed by atoms with van der Waals surface area (Å²) in [7, 11) is 0. The van der Waals surface area contributed by atoms with Crippen molar-refractivity contribution in [3.05, 3.63) is 0 Å². The van der Waals surface area contributed by atoms with E-state index in [9.17, 15) is 9.90 Å². The number of hydrogen-bond acceptors (Lipinski definition) is 3. The molecule has 0 radical (unpaired) electrons. The molecule has 1 amide bonds. The summed E-state index contributed by atoms with van der Waals surface area (Å²) in [6.45, 7) is 5.89. The second-order valence-electron chi connectivity index (χ2n) is 6.03. The number of piperidine rings is 1. The summed E-state index contributed by atoms with van der Waals surface area (Å²) in [5.74, 6) is 0.691. The van der Waals surface area contributed by atoms with Gasteiger partial charge in [-0.15, -0.1) is 0 Å². The maximum absolute atomic E-state index is 12.1. The van der Waals surface area contributed by atoms with Gasteiger partial charge in [0.2, 0.25) is 5.91 Å². The summed E-state index contributed by atoms with van der Waals surface area (Å²) in [4.78, 5) is 14.0. The molecule has 2 rings (SSSR count). The van der Waals surface area contributed by atoms with Crippen molar-refractivity contribution in [3.8, 4) is 0 Å². The van der Waals surface area contributed by atoms with Crippen molar-refractivity contribution < 1.29 is 14.6 Å². The van der Waals surface area contributed by atoms with Crippen LogP contribution in [0.25, 0.3) is 0 Å². The van der Waals surface area contributed by atoms with Crippen LogP contribution in [0, 0.1) is 5.92 Å². The molecule has 1 atom stereocenters. The first-order valence-corrected chi connectivity index (χ1v) is 7.12. The molecule has 1 aliphatic carbocycles. The molecule has 4 heteroatoms. The number of carbonyl (C=O) groups excluding carboxylic acids is 1. The molecule has 1 N–H and O–H groups in total. The van der Waals surface area contributed by atoms with Crippen LogP contribution in [-0.4, -0.2) is 47.3 Å². The Hall–Kier alpha value is -0.610. The summed E-state index contributed by atoms with van der Waals surface area (Å²) < 4.78 is 5.50. The number of ether oxygens (including phenoxy) is 1. The summed E-state index contributed by atoms with van der Waals surface area (Å²) in [6.07, 6.45) is 4.74. The molecule has 1 saturated heterocycles. The standard InChI is InChI=1S/C14H25NO3/c1-3-18-12-7-11(8-12)9-13(16)15-6-4-5-14(2,17)10-15/h11-12,17H,3-10H2,1-2H3. The van der Waals surface area contributed by atoms with Crippen LogP contribution in [0.4, 0.5) is 0 Å². The van der Waals surface area contributed by atoms with Crippen LogP contribution in [0.1, 0.15) is 46.0 Å². The highest BCUT2D eigenvalue weighted by Crippen LogP contribution is 2.33. The third-order valence-corrected chi connectivity index (χ3v) is 4.09. The number of likely N-dealkylation sites (tertiary alicyclic amines) is 1. The molecular weight excluding hydrogens is 230 g/mol. The Morgan fingerprint density at radius 1 is 1.50 bits per heavy atom. The number of hydrogen-bond donors (Lipinski definition) is 1. The molecule has 2 fully saturated rings. The Balaban J connectivity index is 1.72. The Labute approximate surface area is 109 Å². The van der Waals surface area contributed by atoms with Crippen LogP contribution in [0.5, 0.6) is 0 Å². The van der Waals surface area contributed by atoms with Crippen LogP contribution < -0.4 is 0 Å². The fourth-order valence-corrected chi connectivity index (χ4v) is 3.02. The maximum atomic E-state index is 12.1. The third kappa shape index (κ3) is 3.45. The summed E-state index contributed by atoms with van der Waals surface area (Å²) in [5, 5.41) is 10.00. The van der Waals surface area contributed by atoms with Crippen LogP contribution in [0.3, 0.4) is 0 Å². The minimum atomic E-state index is -0.693. The van der Waals surface area contributed by atoms with Crippen molar-refractivity contribution >= 4 is 5.91 Å². The molecule has 2 aliphatic rings. The zero-order valence-electron chi connectivity index (χ0n) is 11.5. The highest BCUT2D eigenvalue weighted by atomic mass is 16.5. The monoisotopic (exact) mass is 255 g/mol. The Bertz CT molecular complexity index is 297. The van der Waals surface area contributed by atoms with E-state index in [0.717, 1.165) is 38.8 Å². The van der Waals surface area contributed by atoms with Gasteiger partial charge < -0.3 is 14.7 Å². The molecule has 0 aromatic rings. The van der Waals surface area contributed by atoms with Crippen LogP contribution in [-0.2, 0) is 9.53 Å².